The van der Waals surface area contributed by atoms with Crippen molar-refractivity contribution in [3.8, 4) is 11.5 Å². The second kappa shape index (κ2) is 7.41. The molecule has 0 saturated carbocycles. The lowest BCUT2D eigenvalue weighted by Gasteiger charge is -2.10. The van der Waals surface area contributed by atoms with E-state index < -0.39 is 0 Å². The number of halogens is 1. The highest BCUT2D eigenvalue weighted by Gasteiger charge is 2.09. The second-order valence-corrected chi connectivity index (χ2v) is 6.21. The Morgan fingerprint density at radius 2 is 1.48 bits per heavy atom. The Balaban J connectivity index is 1.70. The summed E-state index contributed by atoms with van der Waals surface area (Å²) in [7, 11) is 0. The number of amides is 1. The summed E-state index contributed by atoms with van der Waals surface area (Å²) < 4.78 is 5.77. The Bertz CT molecular complexity index is 887. The fraction of sp³-hybridized carbons (Fsp3) is 0.0952. The molecule has 3 aromatic carbocycles. The van der Waals surface area contributed by atoms with Crippen LogP contribution in [0.1, 0.15) is 21.5 Å². The number of hydrogen-bond donors (Lipinski definition) is 1. The molecule has 1 N–H and O–H groups in total. The minimum atomic E-state index is -0.188. The van der Waals surface area contributed by atoms with E-state index in [1.165, 1.54) is 5.56 Å². The van der Waals surface area contributed by atoms with Crippen molar-refractivity contribution >= 4 is 23.2 Å². The number of ether oxygens (including phenoxy) is 1. The number of benzene rings is 3. The van der Waals surface area contributed by atoms with E-state index in [-0.39, 0.29) is 5.91 Å². The topological polar surface area (TPSA) is 38.3 Å². The van der Waals surface area contributed by atoms with Crippen LogP contribution >= 0.6 is 11.6 Å². The summed E-state index contributed by atoms with van der Waals surface area (Å²) in [4.78, 5) is 12.4. The molecular weight excluding hydrogens is 334 g/mol. The van der Waals surface area contributed by atoms with Gasteiger partial charge >= 0.3 is 0 Å². The van der Waals surface area contributed by atoms with Crippen molar-refractivity contribution in [2.45, 2.75) is 13.8 Å². The largest absolute Gasteiger partial charge is 0.457 e. The molecule has 1 amide bonds. The fourth-order valence-corrected chi connectivity index (χ4v) is 2.53. The molecule has 3 rings (SSSR count). The van der Waals surface area contributed by atoms with E-state index in [1.807, 2.05) is 50.2 Å². The van der Waals surface area contributed by atoms with Crippen LogP contribution in [0.4, 0.5) is 5.69 Å². The van der Waals surface area contributed by atoms with Crippen LogP contribution in [-0.4, -0.2) is 5.91 Å². The lowest BCUT2D eigenvalue weighted by molar-refractivity contribution is 0.102. The summed E-state index contributed by atoms with van der Waals surface area (Å²) >= 11 is 6.08. The van der Waals surface area contributed by atoms with Gasteiger partial charge in [0.05, 0.1) is 0 Å². The van der Waals surface area contributed by atoms with Gasteiger partial charge in [0, 0.05) is 16.3 Å². The maximum absolute atomic E-state index is 12.4. The zero-order valence-electron chi connectivity index (χ0n) is 14.0. The van der Waals surface area contributed by atoms with Crippen molar-refractivity contribution in [1.82, 2.24) is 0 Å². The van der Waals surface area contributed by atoms with Crippen LogP contribution in [-0.2, 0) is 0 Å². The molecule has 126 valence electrons. The summed E-state index contributed by atoms with van der Waals surface area (Å²) in [6, 6.07) is 20.3. The van der Waals surface area contributed by atoms with Crippen molar-refractivity contribution in [1.29, 1.82) is 0 Å². The van der Waals surface area contributed by atoms with Crippen LogP contribution in [0.3, 0.4) is 0 Å². The van der Waals surface area contributed by atoms with E-state index in [2.05, 4.69) is 5.32 Å². The van der Waals surface area contributed by atoms with Crippen molar-refractivity contribution < 1.29 is 9.53 Å². The summed E-state index contributed by atoms with van der Waals surface area (Å²) in [6.07, 6.45) is 0. The molecule has 0 aliphatic rings. The first-order chi connectivity index (χ1) is 12.0. The molecule has 0 saturated heterocycles. The molecule has 0 heterocycles. The smallest absolute Gasteiger partial charge is 0.255 e. The molecule has 3 aromatic rings. The molecule has 25 heavy (non-hydrogen) atoms. The van der Waals surface area contributed by atoms with Crippen molar-refractivity contribution in [3.63, 3.8) is 0 Å². The average molecular weight is 352 g/mol. The molecule has 0 aromatic heterocycles. The molecule has 0 aliphatic heterocycles. The molecule has 0 atom stereocenters. The van der Waals surface area contributed by atoms with Gasteiger partial charge in [-0.3, -0.25) is 4.79 Å². The second-order valence-electron chi connectivity index (χ2n) is 5.81. The molecule has 0 unspecified atom stereocenters. The number of anilines is 1. The van der Waals surface area contributed by atoms with Gasteiger partial charge in [-0.1, -0.05) is 35.4 Å². The minimum absolute atomic E-state index is 0.188. The van der Waals surface area contributed by atoms with Gasteiger partial charge in [0.1, 0.15) is 11.5 Å². The highest BCUT2D eigenvalue weighted by atomic mass is 35.5. The number of rotatable bonds is 4. The molecular formula is C21H18ClNO2. The zero-order valence-corrected chi connectivity index (χ0v) is 14.8. The van der Waals surface area contributed by atoms with Gasteiger partial charge in [-0.05, 0) is 67.9 Å². The van der Waals surface area contributed by atoms with Gasteiger partial charge in [0.15, 0.2) is 0 Å². The van der Waals surface area contributed by atoms with Crippen LogP contribution in [0.2, 0.25) is 5.02 Å². The number of nitrogens with one attached hydrogen (secondary N) is 1. The predicted octanol–water partition coefficient (Wildman–Crippen LogP) is 6.00. The van der Waals surface area contributed by atoms with Crippen LogP contribution in [0.5, 0.6) is 11.5 Å². The van der Waals surface area contributed by atoms with Crippen molar-refractivity contribution in [2.24, 2.45) is 0 Å². The first kappa shape index (κ1) is 17.1. The van der Waals surface area contributed by atoms with E-state index >= 15 is 0 Å². The number of hydrogen-bond acceptors (Lipinski definition) is 2. The van der Waals surface area contributed by atoms with Crippen LogP contribution in [0.25, 0.3) is 0 Å². The standard InChI is InChI=1S/C21H18ClNO2/c1-14-6-10-17(11-7-14)25-18-12-8-16(9-13-18)21(24)23-20-5-3-4-19(22)15(20)2/h3-13H,1-2H3,(H,23,24). The summed E-state index contributed by atoms with van der Waals surface area (Å²) in [6.45, 7) is 3.90. The Morgan fingerprint density at radius 1 is 0.880 bits per heavy atom. The third kappa shape index (κ3) is 4.20. The lowest BCUT2D eigenvalue weighted by atomic mass is 10.1. The van der Waals surface area contributed by atoms with E-state index in [0.29, 0.717) is 22.0 Å². The maximum Gasteiger partial charge on any atom is 0.255 e. The van der Waals surface area contributed by atoms with E-state index in [4.69, 9.17) is 16.3 Å². The van der Waals surface area contributed by atoms with Crippen molar-refractivity contribution in [2.75, 3.05) is 5.32 Å². The van der Waals surface area contributed by atoms with Gasteiger partial charge in [0.2, 0.25) is 0 Å². The lowest BCUT2D eigenvalue weighted by Crippen LogP contribution is -2.12. The summed E-state index contributed by atoms with van der Waals surface area (Å²) in [5.41, 5.74) is 3.28. The SMILES string of the molecule is Cc1ccc(Oc2ccc(C(=O)Nc3cccc(Cl)c3C)cc2)cc1. The fourth-order valence-electron chi connectivity index (χ4n) is 2.35. The predicted molar refractivity (Wildman–Crippen MR) is 102 cm³/mol. The Kier molecular flexibility index (Phi) is 5.05. The molecule has 0 bridgehead atoms. The molecule has 4 heteroatoms. The van der Waals surface area contributed by atoms with Crippen LogP contribution in [0, 0.1) is 13.8 Å². The number of carbonyl (C=O) groups excluding carboxylic acids is 1. The van der Waals surface area contributed by atoms with Crippen molar-refractivity contribution in [3.05, 3.63) is 88.4 Å². The summed E-state index contributed by atoms with van der Waals surface area (Å²) in [5.74, 6) is 1.25. The summed E-state index contributed by atoms with van der Waals surface area (Å²) in [5, 5.41) is 3.50. The first-order valence-corrected chi connectivity index (χ1v) is 8.32. The highest BCUT2D eigenvalue weighted by molar-refractivity contribution is 6.31. The van der Waals surface area contributed by atoms with E-state index in [1.54, 1.807) is 30.3 Å². The molecule has 3 nitrogen and oxygen atoms in total. The monoisotopic (exact) mass is 351 g/mol. The van der Waals surface area contributed by atoms with Gasteiger partial charge in [-0.2, -0.15) is 0 Å². The first-order valence-electron chi connectivity index (χ1n) is 7.94. The van der Waals surface area contributed by atoms with Gasteiger partial charge in [-0.15, -0.1) is 0 Å². The molecule has 0 aliphatic carbocycles. The van der Waals surface area contributed by atoms with Gasteiger partial charge < -0.3 is 10.1 Å². The third-order valence-electron chi connectivity index (χ3n) is 3.89. The third-order valence-corrected chi connectivity index (χ3v) is 4.30. The average Bonchev–Trinajstić information content (AvgIpc) is 2.61. The Labute approximate surface area is 152 Å². The van der Waals surface area contributed by atoms with E-state index in [0.717, 1.165) is 11.3 Å². The Morgan fingerprint density at radius 3 is 2.12 bits per heavy atom. The normalized spacial score (nSPS) is 10.4. The van der Waals surface area contributed by atoms with Crippen LogP contribution < -0.4 is 10.1 Å². The quantitative estimate of drug-likeness (QED) is 0.625. The molecule has 0 fully saturated rings. The molecule has 0 radical (unpaired) electrons. The van der Waals surface area contributed by atoms with Gasteiger partial charge in [0.25, 0.3) is 5.91 Å². The number of aryl methyl sites for hydroxylation is 1. The zero-order chi connectivity index (χ0) is 17.8. The molecule has 0 spiro atoms. The van der Waals surface area contributed by atoms with E-state index in [9.17, 15) is 4.79 Å². The number of carbonyl (C=O) groups is 1. The minimum Gasteiger partial charge on any atom is -0.457 e. The highest BCUT2D eigenvalue weighted by Crippen LogP contribution is 2.25. The van der Waals surface area contributed by atoms with Gasteiger partial charge in [-0.25, -0.2) is 0 Å². The van der Waals surface area contributed by atoms with Crippen LogP contribution in [0.15, 0.2) is 66.7 Å². The Hall–Kier alpha value is -2.78. The maximum atomic E-state index is 12.4.